The number of amides is 2. The summed E-state index contributed by atoms with van der Waals surface area (Å²) in [4.78, 5) is 24.2. The summed E-state index contributed by atoms with van der Waals surface area (Å²) < 4.78 is 0. The van der Waals surface area contributed by atoms with E-state index in [1.54, 1.807) is 0 Å². The van der Waals surface area contributed by atoms with Gasteiger partial charge in [0, 0.05) is 12.2 Å². The number of nitrogens with zero attached hydrogens (tertiary/aromatic N) is 1. The summed E-state index contributed by atoms with van der Waals surface area (Å²) in [6.07, 6.45) is 10.9. The highest BCUT2D eigenvalue weighted by Gasteiger charge is 2.38. The second kappa shape index (κ2) is 2.94. The van der Waals surface area contributed by atoms with Crippen LogP contribution in [0.3, 0.4) is 0 Å². The van der Waals surface area contributed by atoms with Gasteiger partial charge in [0.15, 0.2) is 0 Å². The van der Waals surface area contributed by atoms with E-state index in [1.807, 2.05) is 31.2 Å². The average Bonchev–Trinajstić information content (AvgIpc) is 2.48. The van der Waals surface area contributed by atoms with Crippen molar-refractivity contribution in [3.63, 3.8) is 0 Å². The van der Waals surface area contributed by atoms with E-state index in [0.717, 1.165) is 0 Å². The predicted molar refractivity (Wildman–Crippen MR) is 52.3 cm³/mol. The molecule has 2 rings (SSSR count). The largest absolute Gasteiger partial charge is 0.269 e. The summed E-state index contributed by atoms with van der Waals surface area (Å²) in [5.41, 5.74) is -0.494. The van der Waals surface area contributed by atoms with Crippen LogP contribution < -0.4 is 0 Å². The summed E-state index contributed by atoms with van der Waals surface area (Å²) in [6, 6.07) is 0. The molecule has 0 saturated heterocycles. The third kappa shape index (κ3) is 1.21. The molecule has 0 aromatic rings. The lowest BCUT2D eigenvalue weighted by Gasteiger charge is -2.35. The number of rotatable bonds is 1. The van der Waals surface area contributed by atoms with Gasteiger partial charge in [-0.15, -0.1) is 0 Å². The molecule has 14 heavy (non-hydrogen) atoms. The van der Waals surface area contributed by atoms with Crippen LogP contribution in [0.2, 0.25) is 0 Å². The van der Waals surface area contributed by atoms with Crippen molar-refractivity contribution in [3.05, 3.63) is 36.5 Å². The molecule has 0 spiro atoms. The van der Waals surface area contributed by atoms with Crippen molar-refractivity contribution in [3.8, 4) is 0 Å². The summed E-state index contributed by atoms with van der Waals surface area (Å²) in [6.45, 7) is 1.88. The molecule has 0 bridgehead atoms. The molecule has 0 N–H and O–H groups in total. The quantitative estimate of drug-likeness (QED) is 0.581. The summed E-state index contributed by atoms with van der Waals surface area (Å²) in [7, 11) is 0. The van der Waals surface area contributed by atoms with Gasteiger partial charge in [-0.2, -0.15) is 0 Å². The standard InChI is InChI=1S/C11H11NO2/c1-11(7-3-2-4-8-11)12-9(13)5-6-10(12)14/h2-7H,8H2,1H3. The van der Waals surface area contributed by atoms with Crippen LogP contribution in [0.25, 0.3) is 0 Å². The van der Waals surface area contributed by atoms with Gasteiger partial charge in [0.2, 0.25) is 0 Å². The predicted octanol–water partition coefficient (Wildman–Crippen LogP) is 1.19. The van der Waals surface area contributed by atoms with Gasteiger partial charge in [-0.1, -0.05) is 24.3 Å². The Morgan fingerprint density at radius 2 is 1.86 bits per heavy atom. The van der Waals surface area contributed by atoms with Gasteiger partial charge in [-0.25, -0.2) is 0 Å². The molecule has 1 aliphatic heterocycles. The van der Waals surface area contributed by atoms with Gasteiger partial charge in [-0.05, 0) is 13.3 Å². The third-order valence-corrected chi connectivity index (χ3v) is 2.55. The van der Waals surface area contributed by atoms with E-state index in [9.17, 15) is 9.59 Å². The van der Waals surface area contributed by atoms with Crippen molar-refractivity contribution < 1.29 is 9.59 Å². The molecule has 1 heterocycles. The van der Waals surface area contributed by atoms with Gasteiger partial charge in [0.25, 0.3) is 11.8 Å². The Bertz CT molecular complexity index is 361. The van der Waals surface area contributed by atoms with Gasteiger partial charge in [0.05, 0.1) is 5.54 Å². The Morgan fingerprint density at radius 3 is 2.36 bits per heavy atom. The summed E-state index contributed by atoms with van der Waals surface area (Å²) >= 11 is 0. The maximum Gasteiger partial charge on any atom is 0.254 e. The molecule has 1 atom stereocenters. The third-order valence-electron chi connectivity index (χ3n) is 2.55. The Morgan fingerprint density at radius 1 is 1.21 bits per heavy atom. The van der Waals surface area contributed by atoms with Crippen molar-refractivity contribution in [2.75, 3.05) is 0 Å². The van der Waals surface area contributed by atoms with Crippen molar-refractivity contribution in [1.29, 1.82) is 0 Å². The Hall–Kier alpha value is -1.64. The first-order chi connectivity index (χ1) is 6.63. The first-order valence-electron chi connectivity index (χ1n) is 4.54. The van der Waals surface area contributed by atoms with Gasteiger partial charge in [-0.3, -0.25) is 14.5 Å². The molecule has 2 amide bonds. The second-order valence-corrected chi connectivity index (χ2v) is 3.69. The Labute approximate surface area is 82.4 Å². The monoisotopic (exact) mass is 189 g/mol. The van der Waals surface area contributed by atoms with Crippen LogP contribution in [0.1, 0.15) is 13.3 Å². The lowest BCUT2D eigenvalue weighted by Crippen LogP contribution is -2.48. The zero-order valence-electron chi connectivity index (χ0n) is 7.93. The van der Waals surface area contributed by atoms with Gasteiger partial charge in [0.1, 0.15) is 0 Å². The zero-order valence-corrected chi connectivity index (χ0v) is 7.93. The van der Waals surface area contributed by atoms with E-state index >= 15 is 0 Å². The van der Waals surface area contributed by atoms with Crippen LogP contribution in [-0.2, 0) is 9.59 Å². The number of carbonyl (C=O) groups is 2. The number of allylic oxidation sites excluding steroid dienone is 2. The van der Waals surface area contributed by atoms with Crippen LogP contribution in [0.15, 0.2) is 36.5 Å². The number of imide groups is 1. The molecule has 1 unspecified atom stereocenters. The van der Waals surface area contributed by atoms with E-state index in [2.05, 4.69) is 0 Å². The zero-order chi connectivity index (χ0) is 10.2. The molecule has 3 nitrogen and oxygen atoms in total. The molecule has 1 aliphatic carbocycles. The van der Waals surface area contributed by atoms with Crippen LogP contribution in [-0.4, -0.2) is 22.3 Å². The number of carbonyl (C=O) groups excluding carboxylic acids is 2. The lowest BCUT2D eigenvalue weighted by atomic mass is 9.91. The fourth-order valence-corrected chi connectivity index (χ4v) is 1.79. The van der Waals surface area contributed by atoms with Crippen molar-refractivity contribution >= 4 is 11.8 Å². The fraction of sp³-hybridized carbons (Fsp3) is 0.273. The minimum absolute atomic E-state index is 0.225. The number of hydrogen-bond acceptors (Lipinski definition) is 2. The smallest absolute Gasteiger partial charge is 0.254 e. The normalized spacial score (nSPS) is 30.5. The molecule has 0 radical (unpaired) electrons. The minimum Gasteiger partial charge on any atom is -0.269 e. The van der Waals surface area contributed by atoms with E-state index in [0.29, 0.717) is 6.42 Å². The second-order valence-electron chi connectivity index (χ2n) is 3.69. The van der Waals surface area contributed by atoms with E-state index in [1.165, 1.54) is 17.1 Å². The highest BCUT2D eigenvalue weighted by molar-refractivity contribution is 6.13. The van der Waals surface area contributed by atoms with Crippen molar-refractivity contribution in [1.82, 2.24) is 4.90 Å². The van der Waals surface area contributed by atoms with Crippen molar-refractivity contribution in [2.24, 2.45) is 0 Å². The number of hydrogen-bond donors (Lipinski definition) is 0. The minimum atomic E-state index is -0.494. The molecule has 3 heteroatoms. The molecule has 0 fully saturated rings. The molecule has 72 valence electrons. The fourth-order valence-electron chi connectivity index (χ4n) is 1.79. The SMILES string of the molecule is CC1(N2C(=O)C=CC2=O)C=CC=CC1. The average molecular weight is 189 g/mol. The van der Waals surface area contributed by atoms with E-state index < -0.39 is 5.54 Å². The summed E-state index contributed by atoms with van der Waals surface area (Å²) in [5, 5.41) is 0. The maximum absolute atomic E-state index is 11.4. The Kier molecular flexibility index (Phi) is 1.88. The van der Waals surface area contributed by atoms with Crippen LogP contribution >= 0.6 is 0 Å². The first kappa shape index (κ1) is 8.94. The van der Waals surface area contributed by atoms with Crippen LogP contribution in [0.5, 0.6) is 0 Å². The maximum atomic E-state index is 11.4. The molecular formula is C11H11NO2. The highest BCUT2D eigenvalue weighted by atomic mass is 16.2. The first-order valence-corrected chi connectivity index (χ1v) is 4.54. The van der Waals surface area contributed by atoms with Gasteiger partial charge < -0.3 is 0 Å². The van der Waals surface area contributed by atoms with Gasteiger partial charge >= 0.3 is 0 Å². The highest BCUT2D eigenvalue weighted by Crippen LogP contribution is 2.27. The molecule has 0 aromatic carbocycles. The van der Waals surface area contributed by atoms with Crippen LogP contribution in [0, 0.1) is 0 Å². The molecule has 0 saturated carbocycles. The van der Waals surface area contributed by atoms with Crippen molar-refractivity contribution in [2.45, 2.75) is 18.9 Å². The lowest BCUT2D eigenvalue weighted by molar-refractivity contribution is -0.141. The molecular weight excluding hydrogens is 178 g/mol. The Balaban J connectivity index is 2.31. The molecule has 0 aromatic heterocycles. The van der Waals surface area contributed by atoms with Crippen LogP contribution in [0.4, 0.5) is 0 Å². The molecule has 2 aliphatic rings. The summed E-state index contributed by atoms with van der Waals surface area (Å²) in [5.74, 6) is -0.449. The van der Waals surface area contributed by atoms with E-state index in [4.69, 9.17) is 0 Å². The topological polar surface area (TPSA) is 37.4 Å². The van der Waals surface area contributed by atoms with E-state index in [-0.39, 0.29) is 11.8 Å².